The van der Waals surface area contributed by atoms with Crippen LogP contribution in [0.25, 0.3) is 0 Å². The lowest BCUT2D eigenvalue weighted by Gasteiger charge is -2.02. The monoisotopic (exact) mass is 256 g/mol. The Kier molecular flexibility index (Phi) is 3.04. The summed E-state index contributed by atoms with van der Waals surface area (Å²) in [4.78, 5) is 9.88. The van der Waals surface area contributed by atoms with Gasteiger partial charge in [-0.15, -0.1) is 0 Å². The maximum Gasteiger partial charge on any atom is 0.316 e. The molecule has 0 aliphatic carbocycles. The molecule has 0 saturated carbocycles. The Morgan fingerprint density at radius 3 is 2.79 bits per heavy atom. The van der Waals surface area contributed by atoms with E-state index in [0.717, 1.165) is 0 Å². The quantitative estimate of drug-likeness (QED) is 0.649. The third-order valence-corrected chi connectivity index (χ3v) is 2.28. The van der Waals surface area contributed by atoms with Crippen molar-refractivity contribution in [3.63, 3.8) is 0 Å². The number of nitro benzene ring substituents is 1. The van der Waals surface area contributed by atoms with Crippen molar-refractivity contribution in [3.8, 4) is 11.8 Å². The number of nitriles is 1. The molecule has 0 bridgehead atoms. The lowest BCUT2D eigenvalue weighted by molar-refractivity contribution is -0.386. The van der Waals surface area contributed by atoms with E-state index in [1.165, 1.54) is 12.1 Å². The third kappa shape index (κ3) is 1.83. The van der Waals surface area contributed by atoms with E-state index in [9.17, 15) is 15.2 Å². The molecule has 0 amide bonds. The molecule has 0 aliphatic heterocycles. The van der Waals surface area contributed by atoms with Crippen molar-refractivity contribution in [2.45, 2.75) is 6.42 Å². The maximum absolute atomic E-state index is 10.6. The number of hydrogen-bond donors (Lipinski definition) is 1. The van der Waals surface area contributed by atoms with Crippen molar-refractivity contribution in [1.29, 1.82) is 5.26 Å². The smallest absolute Gasteiger partial charge is 0.316 e. The molecule has 0 spiro atoms. The zero-order valence-electron chi connectivity index (χ0n) is 6.90. The average Bonchev–Trinajstić information content (AvgIpc) is 2.11. The molecule has 1 rings (SSSR count). The molecule has 5 nitrogen and oxygen atoms in total. The fourth-order valence-electron chi connectivity index (χ4n) is 1.03. The summed E-state index contributed by atoms with van der Waals surface area (Å²) in [6.45, 7) is 0. The van der Waals surface area contributed by atoms with Crippen LogP contribution in [0.4, 0.5) is 5.69 Å². The van der Waals surface area contributed by atoms with Crippen LogP contribution in [0.5, 0.6) is 5.75 Å². The average molecular weight is 257 g/mol. The number of aromatic hydroxyl groups is 1. The number of rotatable bonds is 2. The molecule has 0 saturated heterocycles. The molecule has 1 aromatic carbocycles. The summed E-state index contributed by atoms with van der Waals surface area (Å²) in [5.41, 5.74) is -0.209. The van der Waals surface area contributed by atoms with Gasteiger partial charge in [0.15, 0.2) is 0 Å². The molecule has 6 heteroatoms. The standard InChI is InChI=1S/C8H5BrN2O3/c9-6-2-1-5(3-4-10)7(8(6)12)11(13)14/h1-2,12H,3H2. The number of benzene rings is 1. The minimum atomic E-state index is -0.702. The van der Waals surface area contributed by atoms with Crippen LogP contribution in [0.15, 0.2) is 16.6 Å². The number of hydrogen-bond acceptors (Lipinski definition) is 4. The van der Waals surface area contributed by atoms with Crippen LogP contribution in [-0.2, 0) is 6.42 Å². The van der Waals surface area contributed by atoms with E-state index in [0.29, 0.717) is 0 Å². The zero-order chi connectivity index (χ0) is 10.7. The SMILES string of the molecule is N#CCc1ccc(Br)c(O)c1[N+](=O)[O-]. The minimum Gasteiger partial charge on any atom is -0.501 e. The lowest BCUT2D eigenvalue weighted by atomic mass is 10.1. The molecule has 0 fully saturated rings. The second-order valence-electron chi connectivity index (χ2n) is 2.50. The number of halogens is 1. The first-order chi connectivity index (χ1) is 6.57. The summed E-state index contributed by atoms with van der Waals surface area (Å²) in [5.74, 6) is -0.442. The number of phenols is 1. The van der Waals surface area contributed by atoms with Crippen LogP contribution in [0.3, 0.4) is 0 Å². The van der Waals surface area contributed by atoms with Crippen molar-refractivity contribution in [2.75, 3.05) is 0 Å². The Labute approximate surface area is 87.9 Å². The van der Waals surface area contributed by atoms with E-state index in [1.807, 2.05) is 0 Å². The molecule has 1 N–H and O–H groups in total. The summed E-state index contributed by atoms with van der Waals surface area (Å²) in [6, 6.07) is 4.70. The van der Waals surface area contributed by atoms with E-state index in [2.05, 4.69) is 15.9 Å². The van der Waals surface area contributed by atoms with Crippen LogP contribution in [0.2, 0.25) is 0 Å². The molecule has 0 heterocycles. The van der Waals surface area contributed by atoms with Crippen molar-refractivity contribution in [2.24, 2.45) is 0 Å². The van der Waals surface area contributed by atoms with Gasteiger partial charge in [-0.1, -0.05) is 0 Å². The van der Waals surface area contributed by atoms with Crippen LogP contribution in [-0.4, -0.2) is 10.0 Å². The van der Waals surface area contributed by atoms with Crippen molar-refractivity contribution in [3.05, 3.63) is 32.3 Å². The Morgan fingerprint density at radius 1 is 1.64 bits per heavy atom. The second-order valence-corrected chi connectivity index (χ2v) is 3.35. The van der Waals surface area contributed by atoms with Gasteiger partial charge in [0, 0.05) is 5.56 Å². The molecule has 0 radical (unpaired) electrons. The molecule has 0 unspecified atom stereocenters. The number of phenolic OH excluding ortho intramolecular Hbond substituents is 1. The first-order valence-corrected chi connectivity index (χ1v) is 4.39. The van der Waals surface area contributed by atoms with Gasteiger partial charge in [0.2, 0.25) is 5.75 Å². The Hall–Kier alpha value is -1.61. The van der Waals surface area contributed by atoms with Gasteiger partial charge in [-0.25, -0.2) is 0 Å². The van der Waals surface area contributed by atoms with E-state index < -0.39 is 16.4 Å². The van der Waals surface area contributed by atoms with Gasteiger partial charge in [-0.2, -0.15) is 5.26 Å². The van der Waals surface area contributed by atoms with E-state index in [-0.39, 0.29) is 16.5 Å². The topological polar surface area (TPSA) is 87.2 Å². The normalized spacial score (nSPS) is 9.43. The molecule has 72 valence electrons. The summed E-state index contributed by atoms with van der Waals surface area (Å²) in [5, 5.41) is 28.4. The summed E-state index contributed by atoms with van der Waals surface area (Å²) >= 11 is 2.96. The third-order valence-electron chi connectivity index (χ3n) is 1.64. The van der Waals surface area contributed by atoms with Gasteiger partial charge in [-0.3, -0.25) is 10.1 Å². The van der Waals surface area contributed by atoms with Gasteiger partial charge in [0.25, 0.3) is 0 Å². The van der Waals surface area contributed by atoms with Crippen molar-refractivity contribution < 1.29 is 10.0 Å². The van der Waals surface area contributed by atoms with Gasteiger partial charge in [-0.05, 0) is 28.1 Å². The Bertz CT molecular complexity index is 425. The van der Waals surface area contributed by atoms with E-state index >= 15 is 0 Å². The van der Waals surface area contributed by atoms with Gasteiger partial charge >= 0.3 is 5.69 Å². The lowest BCUT2D eigenvalue weighted by Crippen LogP contribution is -1.95. The predicted octanol–water partition coefficient (Wildman–Crippen LogP) is 2.13. The summed E-state index contributed by atoms with van der Waals surface area (Å²) in [7, 11) is 0. The molecular formula is C8H5BrN2O3. The molecular weight excluding hydrogens is 252 g/mol. The van der Waals surface area contributed by atoms with Crippen LogP contribution >= 0.6 is 15.9 Å². The van der Waals surface area contributed by atoms with Crippen molar-refractivity contribution in [1.82, 2.24) is 0 Å². The van der Waals surface area contributed by atoms with Crippen LogP contribution in [0.1, 0.15) is 5.56 Å². The number of nitrogens with zero attached hydrogens (tertiary/aromatic N) is 2. The second kappa shape index (κ2) is 4.07. The fourth-order valence-corrected chi connectivity index (χ4v) is 1.35. The van der Waals surface area contributed by atoms with Crippen LogP contribution in [0, 0.1) is 21.4 Å². The highest BCUT2D eigenvalue weighted by molar-refractivity contribution is 9.10. The van der Waals surface area contributed by atoms with Gasteiger partial charge in [0.05, 0.1) is 21.9 Å². The van der Waals surface area contributed by atoms with Gasteiger partial charge in [0.1, 0.15) is 0 Å². The summed E-state index contributed by atoms with van der Waals surface area (Å²) < 4.78 is 0.242. The zero-order valence-corrected chi connectivity index (χ0v) is 8.48. The largest absolute Gasteiger partial charge is 0.501 e. The highest BCUT2D eigenvalue weighted by atomic mass is 79.9. The highest BCUT2D eigenvalue weighted by Gasteiger charge is 2.21. The van der Waals surface area contributed by atoms with E-state index in [1.54, 1.807) is 6.07 Å². The summed E-state index contributed by atoms with van der Waals surface area (Å²) in [6.07, 6.45) is -0.100. The predicted molar refractivity (Wildman–Crippen MR) is 51.8 cm³/mol. The van der Waals surface area contributed by atoms with Crippen molar-refractivity contribution >= 4 is 21.6 Å². The van der Waals surface area contributed by atoms with Crippen LogP contribution < -0.4 is 0 Å². The number of nitro groups is 1. The Morgan fingerprint density at radius 2 is 2.29 bits per heavy atom. The molecule has 0 aliphatic rings. The highest BCUT2D eigenvalue weighted by Crippen LogP contribution is 2.36. The maximum atomic E-state index is 10.6. The minimum absolute atomic E-state index is 0.100. The van der Waals surface area contributed by atoms with Gasteiger partial charge < -0.3 is 5.11 Å². The molecule has 1 aromatic rings. The first-order valence-electron chi connectivity index (χ1n) is 3.59. The molecule has 0 atom stereocenters. The molecule has 0 aromatic heterocycles. The fraction of sp³-hybridized carbons (Fsp3) is 0.125. The molecule has 14 heavy (non-hydrogen) atoms. The Balaban J connectivity index is 3.39. The van der Waals surface area contributed by atoms with E-state index in [4.69, 9.17) is 5.26 Å². The first kappa shape index (κ1) is 10.5.